The van der Waals surface area contributed by atoms with E-state index in [1.54, 1.807) is 0 Å². The van der Waals surface area contributed by atoms with Crippen LogP contribution in [0.2, 0.25) is 0 Å². The Morgan fingerprint density at radius 2 is 1.94 bits per heavy atom. The predicted molar refractivity (Wildman–Crippen MR) is 73.7 cm³/mol. The van der Waals surface area contributed by atoms with Crippen LogP contribution in [0.15, 0.2) is 24.3 Å². The van der Waals surface area contributed by atoms with E-state index in [4.69, 9.17) is 10.00 Å². The number of nitrogens with zero attached hydrogens (tertiary/aromatic N) is 1. The first kappa shape index (κ1) is 14.5. The summed E-state index contributed by atoms with van der Waals surface area (Å²) in [5.74, 6) is 1.32. The van der Waals surface area contributed by atoms with Crippen molar-refractivity contribution in [2.75, 3.05) is 13.2 Å². The first-order chi connectivity index (χ1) is 8.50. The number of hydrogen-bond acceptors (Lipinski definition) is 3. The lowest BCUT2D eigenvalue weighted by Crippen LogP contribution is -2.46. The Morgan fingerprint density at radius 3 is 2.39 bits per heavy atom. The third kappa shape index (κ3) is 4.05. The smallest absolute Gasteiger partial charge is 0.138 e. The zero-order valence-corrected chi connectivity index (χ0v) is 11.7. The van der Waals surface area contributed by atoms with Crippen molar-refractivity contribution in [1.29, 1.82) is 5.26 Å². The molecule has 1 aromatic rings. The van der Waals surface area contributed by atoms with Crippen LogP contribution in [0.4, 0.5) is 0 Å². The van der Waals surface area contributed by atoms with Crippen molar-refractivity contribution in [3.63, 3.8) is 0 Å². The molecule has 0 saturated heterocycles. The fourth-order valence-electron chi connectivity index (χ4n) is 1.69. The molecule has 0 spiro atoms. The number of likely N-dealkylation sites (N-methyl/N-ethyl adjacent to an activating group) is 1. The van der Waals surface area contributed by atoms with Gasteiger partial charge in [-0.3, -0.25) is 5.32 Å². The first-order valence-electron chi connectivity index (χ1n) is 6.40. The number of rotatable bonds is 6. The van der Waals surface area contributed by atoms with Gasteiger partial charge in [-0.1, -0.05) is 32.9 Å². The summed E-state index contributed by atoms with van der Waals surface area (Å²) in [7, 11) is 0. The molecule has 3 nitrogen and oxygen atoms in total. The number of nitriles is 1. The highest BCUT2D eigenvalue weighted by Crippen LogP contribution is 2.19. The van der Waals surface area contributed by atoms with Crippen molar-refractivity contribution in [1.82, 2.24) is 5.32 Å². The molecule has 1 rings (SSSR count). The molecule has 1 unspecified atom stereocenters. The molecule has 1 atom stereocenters. The van der Waals surface area contributed by atoms with Crippen LogP contribution in [0.5, 0.6) is 5.75 Å². The van der Waals surface area contributed by atoms with Gasteiger partial charge in [0.1, 0.15) is 17.9 Å². The minimum Gasteiger partial charge on any atom is -0.491 e. The van der Waals surface area contributed by atoms with E-state index in [-0.39, 0.29) is 0 Å². The predicted octanol–water partition coefficient (Wildman–Crippen LogP) is 3.08. The molecule has 0 heterocycles. The van der Waals surface area contributed by atoms with Gasteiger partial charge in [0.15, 0.2) is 0 Å². The summed E-state index contributed by atoms with van der Waals surface area (Å²) in [5.41, 5.74) is 0.655. The van der Waals surface area contributed by atoms with Gasteiger partial charge in [-0.2, -0.15) is 5.26 Å². The van der Waals surface area contributed by atoms with Crippen molar-refractivity contribution < 1.29 is 4.74 Å². The minimum atomic E-state index is -0.633. The lowest BCUT2D eigenvalue weighted by molar-refractivity contribution is 0.236. The van der Waals surface area contributed by atoms with Crippen molar-refractivity contribution >= 4 is 0 Å². The van der Waals surface area contributed by atoms with Gasteiger partial charge < -0.3 is 4.74 Å². The summed E-state index contributed by atoms with van der Waals surface area (Å²) >= 11 is 0. The van der Waals surface area contributed by atoms with Crippen LogP contribution >= 0.6 is 0 Å². The summed E-state index contributed by atoms with van der Waals surface area (Å²) in [5, 5.41) is 12.2. The van der Waals surface area contributed by atoms with E-state index in [0.29, 0.717) is 12.5 Å². The molecule has 98 valence electrons. The number of hydrogen-bond donors (Lipinski definition) is 1. The standard InChI is InChI=1S/C15H22N2O/c1-5-17-15(4,10-16)11-18-14-8-6-13(7-9-14)12(2)3/h6-9,12,17H,5,11H2,1-4H3. The topological polar surface area (TPSA) is 45.0 Å². The van der Waals surface area contributed by atoms with E-state index >= 15 is 0 Å². The highest BCUT2D eigenvalue weighted by atomic mass is 16.5. The summed E-state index contributed by atoms with van der Waals surface area (Å²) in [6, 6.07) is 10.3. The highest BCUT2D eigenvalue weighted by molar-refractivity contribution is 5.29. The molecule has 18 heavy (non-hydrogen) atoms. The molecular weight excluding hydrogens is 224 g/mol. The maximum Gasteiger partial charge on any atom is 0.138 e. The average Bonchev–Trinajstić information content (AvgIpc) is 2.37. The van der Waals surface area contributed by atoms with Gasteiger partial charge in [0.05, 0.1) is 6.07 Å². The molecule has 0 amide bonds. The van der Waals surface area contributed by atoms with Crippen LogP contribution in [0.25, 0.3) is 0 Å². The van der Waals surface area contributed by atoms with Crippen LogP contribution in [-0.4, -0.2) is 18.7 Å². The van der Waals surface area contributed by atoms with E-state index < -0.39 is 5.54 Å². The van der Waals surface area contributed by atoms with Crippen LogP contribution < -0.4 is 10.1 Å². The van der Waals surface area contributed by atoms with E-state index in [1.807, 2.05) is 26.0 Å². The lowest BCUT2D eigenvalue weighted by atomic mass is 10.0. The first-order valence-corrected chi connectivity index (χ1v) is 6.40. The van der Waals surface area contributed by atoms with Gasteiger partial charge in [0.25, 0.3) is 0 Å². The van der Waals surface area contributed by atoms with Crippen LogP contribution in [0.3, 0.4) is 0 Å². The zero-order chi connectivity index (χ0) is 13.6. The lowest BCUT2D eigenvalue weighted by Gasteiger charge is -2.22. The largest absolute Gasteiger partial charge is 0.491 e. The normalized spacial score (nSPS) is 14.0. The second-order valence-electron chi connectivity index (χ2n) is 4.99. The third-order valence-electron chi connectivity index (χ3n) is 2.89. The molecule has 0 aliphatic rings. The van der Waals surface area contributed by atoms with Crippen LogP contribution in [0, 0.1) is 11.3 Å². The molecule has 3 heteroatoms. The van der Waals surface area contributed by atoms with Gasteiger partial charge >= 0.3 is 0 Å². The molecule has 0 aliphatic heterocycles. The minimum absolute atomic E-state index is 0.346. The average molecular weight is 246 g/mol. The Bertz CT molecular complexity index is 405. The highest BCUT2D eigenvalue weighted by Gasteiger charge is 2.23. The van der Waals surface area contributed by atoms with Crippen molar-refractivity contribution in [2.24, 2.45) is 0 Å². The van der Waals surface area contributed by atoms with Gasteiger partial charge in [0, 0.05) is 0 Å². The van der Waals surface area contributed by atoms with Crippen LogP contribution in [0.1, 0.15) is 39.2 Å². The quantitative estimate of drug-likeness (QED) is 0.839. The van der Waals surface area contributed by atoms with E-state index in [1.165, 1.54) is 5.56 Å². The molecule has 0 saturated carbocycles. The van der Waals surface area contributed by atoms with E-state index in [0.717, 1.165) is 12.3 Å². The molecule has 1 aromatic carbocycles. The molecular formula is C15H22N2O. The molecule has 1 N–H and O–H groups in total. The fraction of sp³-hybridized carbons (Fsp3) is 0.533. The van der Waals surface area contributed by atoms with Crippen LogP contribution in [-0.2, 0) is 0 Å². The second-order valence-corrected chi connectivity index (χ2v) is 4.99. The Kier molecular flexibility index (Phi) is 5.18. The Labute approximate surface area is 110 Å². The van der Waals surface area contributed by atoms with Crippen molar-refractivity contribution in [3.8, 4) is 11.8 Å². The Balaban J connectivity index is 2.61. The maximum absolute atomic E-state index is 9.12. The maximum atomic E-state index is 9.12. The zero-order valence-electron chi connectivity index (χ0n) is 11.7. The summed E-state index contributed by atoms with van der Waals surface area (Å²) in [6.45, 7) is 9.24. The second kappa shape index (κ2) is 6.42. The summed E-state index contributed by atoms with van der Waals surface area (Å²) < 4.78 is 5.66. The van der Waals surface area contributed by atoms with Crippen molar-refractivity contribution in [3.05, 3.63) is 29.8 Å². The van der Waals surface area contributed by atoms with Gasteiger partial charge in [-0.05, 0) is 37.1 Å². The van der Waals surface area contributed by atoms with E-state index in [9.17, 15) is 0 Å². The summed E-state index contributed by atoms with van der Waals surface area (Å²) in [6.07, 6.45) is 0. The Hall–Kier alpha value is -1.53. The molecule has 0 fully saturated rings. The van der Waals surface area contributed by atoms with Gasteiger partial charge in [-0.25, -0.2) is 0 Å². The SMILES string of the molecule is CCNC(C)(C#N)COc1ccc(C(C)C)cc1. The molecule has 0 bridgehead atoms. The molecule has 0 aromatic heterocycles. The van der Waals surface area contributed by atoms with E-state index in [2.05, 4.69) is 37.4 Å². The Morgan fingerprint density at radius 1 is 1.33 bits per heavy atom. The van der Waals surface area contributed by atoms with Gasteiger partial charge in [-0.15, -0.1) is 0 Å². The molecule has 0 radical (unpaired) electrons. The number of benzene rings is 1. The third-order valence-corrected chi connectivity index (χ3v) is 2.89. The number of ether oxygens (including phenoxy) is 1. The number of nitrogens with one attached hydrogen (secondary N) is 1. The monoisotopic (exact) mass is 246 g/mol. The van der Waals surface area contributed by atoms with Gasteiger partial charge in [0.2, 0.25) is 0 Å². The summed E-state index contributed by atoms with van der Waals surface area (Å²) in [4.78, 5) is 0. The van der Waals surface area contributed by atoms with Crippen molar-refractivity contribution in [2.45, 2.75) is 39.2 Å². The molecule has 0 aliphatic carbocycles. The fourth-order valence-corrected chi connectivity index (χ4v) is 1.69.